The Bertz CT molecular complexity index is 878. The van der Waals surface area contributed by atoms with Gasteiger partial charge in [-0.1, -0.05) is 0 Å². The molecule has 2 aromatic carbocycles. The highest BCUT2D eigenvalue weighted by molar-refractivity contribution is 5.85. The van der Waals surface area contributed by atoms with Gasteiger partial charge in [0.25, 0.3) is 0 Å². The molecule has 5 heteroatoms. The van der Waals surface area contributed by atoms with Gasteiger partial charge in [-0.15, -0.1) is 0 Å². The third-order valence-electron chi connectivity index (χ3n) is 3.43. The van der Waals surface area contributed by atoms with Gasteiger partial charge in [-0.25, -0.2) is 0 Å². The highest BCUT2D eigenvalue weighted by Gasteiger charge is 2.12. The van der Waals surface area contributed by atoms with Gasteiger partial charge in [0.15, 0.2) is 5.43 Å². The van der Waals surface area contributed by atoms with Gasteiger partial charge in [0.05, 0.1) is 13.7 Å². The molecule has 0 aliphatic rings. The molecule has 0 bridgehead atoms. The first-order valence-corrected chi connectivity index (χ1v) is 6.67. The fourth-order valence-electron chi connectivity index (χ4n) is 2.31. The molecule has 112 valence electrons. The van der Waals surface area contributed by atoms with Crippen LogP contribution < -0.4 is 10.2 Å². The Labute approximate surface area is 126 Å². The number of aliphatic hydroxyl groups excluding tert-OH is 1. The summed E-state index contributed by atoms with van der Waals surface area (Å²) in [6.07, 6.45) is 0. The molecule has 0 saturated carbocycles. The number of aromatic hydroxyl groups is 1. The Hall–Kier alpha value is -2.79. The predicted octanol–water partition coefficient (Wildman–Crippen LogP) is 2.67. The van der Waals surface area contributed by atoms with E-state index in [0.29, 0.717) is 22.6 Å². The molecule has 0 aliphatic carbocycles. The summed E-state index contributed by atoms with van der Waals surface area (Å²) in [5.74, 6) is 0.887. The van der Waals surface area contributed by atoms with E-state index in [4.69, 9.17) is 9.15 Å². The molecule has 0 radical (unpaired) electrons. The fraction of sp³-hybridized carbons (Fsp3) is 0.118. The van der Waals surface area contributed by atoms with Crippen molar-refractivity contribution in [1.29, 1.82) is 0 Å². The van der Waals surface area contributed by atoms with Gasteiger partial charge in [0.1, 0.15) is 28.2 Å². The van der Waals surface area contributed by atoms with Crippen LogP contribution in [0.4, 0.5) is 0 Å². The lowest BCUT2D eigenvalue weighted by Gasteiger charge is -2.07. The molecule has 0 fully saturated rings. The molecular formula is C17H14O5. The van der Waals surface area contributed by atoms with Gasteiger partial charge < -0.3 is 19.4 Å². The highest BCUT2D eigenvalue weighted by atomic mass is 16.5. The maximum absolute atomic E-state index is 12.2. The van der Waals surface area contributed by atoms with E-state index in [2.05, 4.69) is 0 Å². The monoisotopic (exact) mass is 298 g/mol. The zero-order chi connectivity index (χ0) is 15.7. The van der Waals surface area contributed by atoms with E-state index in [1.165, 1.54) is 12.1 Å². The van der Waals surface area contributed by atoms with Crippen LogP contribution >= 0.6 is 0 Å². The number of fused-ring (bicyclic) bond motifs is 1. The van der Waals surface area contributed by atoms with Crippen LogP contribution in [0.1, 0.15) is 5.56 Å². The molecule has 5 nitrogen and oxygen atoms in total. The Kier molecular flexibility index (Phi) is 3.56. The van der Waals surface area contributed by atoms with Crippen LogP contribution in [0.15, 0.2) is 51.7 Å². The van der Waals surface area contributed by atoms with E-state index in [-0.39, 0.29) is 28.8 Å². The Morgan fingerprint density at radius 2 is 1.86 bits per heavy atom. The summed E-state index contributed by atoms with van der Waals surface area (Å²) in [5.41, 5.74) is 1.09. The van der Waals surface area contributed by atoms with Crippen molar-refractivity contribution in [3.05, 3.63) is 58.3 Å². The molecule has 2 N–H and O–H groups in total. The van der Waals surface area contributed by atoms with Crippen LogP contribution in [-0.2, 0) is 6.61 Å². The van der Waals surface area contributed by atoms with Gasteiger partial charge in [-0.3, -0.25) is 4.79 Å². The van der Waals surface area contributed by atoms with Crippen molar-refractivity contribution in [2.24, 2.45) is 0 Å². The summed E-state index contributed by atoms with van der Waals surface area (Å²) in [7, 11) is 1.57. The van der Waals surface area contributed by atoms with Crippen LogP contribution in [-0.4, -0.2) is 17.3 Å². The normalized spacial score (nSPS) is 10.8. The maximum atomic E-state index is 12.2. The quantitative estimate of drug-likeness (QED) is 0.777. The van der Waals surface area contributed by atoms with Gasteiger partial charge in [0, 0.05) is 11.6 Å². The second-order valence-corrected chi connectivity index (χ2v) is 4.85. The first kappa shape index (κ1) is 14.2. The second kappa shape index (κ2) is 5.54. The molecule has 0 atom stereocenters. The zero-order valence-electron chi connectivity index (χ0n) is 11.9. The molecule has 0 aliphatic heterocycles. The average Bonchev–Trinajstić information content (AvgIpc) is 2.54. The van der Waals surface area contributed by atoms with E-state index < -0.39 is 0 Å². The maximum Gasteiger partial charge on any atom is 0.197 e. The number of hydrogen-bond acceptors (Lipinski definition) is 5. The Balaban J connectivity index is 2.20. The van der Waals surface area contributed by atoms with E-state index in [0.717, 1.165) is 0 Å². The van der Waals surface area contributed by atoms with Gasteiger partial charge in [0.2, 0.25) is 0 Å². The summed E-state index contributed by atoms with van der Waals surface area (Å²) in [4.78, 5) is 12.2. The molecule has 0 spiro atoms. The Morgan fingerprint density at radius 1 is 1.14 bits per heavy atom. The zero-order valence-corrected chi connectivity index (χ0v) is 11.9. The minimum Gasteiger partial charge on any atom is -0.507 e. The molecule has 3 rings (SSSR count). The van der Waals surface area contributed by atoms with Crippen molar-refractivity contribution in [1.82, 2.24) is 0 Å². The lowest BCUT2D eigenvalue weighted by molar-refractivity contribution is 0.281. The van der Waals surface area contributed by atoms with E-state index >= 15 is 0 Å². The van der Waals surface area contributed by atoms with E-state index in [1.54, 1.807) is 37.4 Å². The van der Waals surface area contributed by atoms with Crippen molar-refractivity contribution < 1.29 is 19.4 Å². The molecule has 0 amide bonds. The summed E-state index contributed by atoms with van der Waals surface area (Å²) in [5, 5.41) is 19.2. The number of ether oxygens (including phenoxy) is 1. The Morgan fingerprint density at radius 3 is 2.50 bits per heavy atom. The van der Waals surface area contributed by atoms with Crippen molar-refractivity contribution >= 4 is 11.0 Å². The van der Waals surface area contributed by atoms with Crippen LogP contribution in [0.5, 0.6) is 11.5 Å². The minimum absolute atomic E-state index is 0.106. The fourth-order valence-corrected chi connectivity index (χ4v) is 2.31. The third kappa shape index (κ3) is 2.42. The molecule has 1 aromatic heterocycles. The first-order chi connectivity index (χ1) is 10.6. The largest absolute Gasteiger partial charge is 0.507 e. The van der Waals surface area contributed by atoms with Crippen molar-refractivity contribution in [3.63, 3.8) is 0 Å². The predicted molar refractivity (Wildman–Crippen MR) is 82.1 cm³/mol. The van der Waals surface area contributed by atoms with Gasteiger partial charge in [-0.2, -0.15) is 0 Å². The molecular weight excluding hydrogens is 284 g/mol. The second-order valence-electron chi connectivity index (χ2n) is 4.85. The van der Waals surface area contributed by atoms with Crippen LogP contribution in [0.2, 0.25) is 0 Å². The first-order valence-electron chi connectivity index (χ1n) is 6.67. The molecule has 3 aromatic rings. The molecule has 22 heavy (non-hydrogen) atoms. The van der Waals surface area contributed by atoms with Crippen LogP contribution in [0, 0.1) is 0 Å². The topological polar surface area (TPSA) is 79.9 Å². The highest BCUT2D eigenvalue weighted by Crippen LogP contribution is 2.28. The smallest absolute Gasteiger partial charge is 0.197 e. The van der Waals surface area contributed by atoms with E-state index in [1.807, 2.05) is 0 Å². The minimum atomic E-state index is -0.339. The standard InChI is InChI=1S/C17H14O5/c1-21-12-4-2-11(3-5-12)15-8-14(20)17-13(19)6-10(9-18)7-16(17)22-15/h2-8,18-19H,9H2,1H3. The SMILES string of the molecule is COc1ccc(-c2cc(=O)c3c(O)cc(CO)cc3o2)cc1. The molecule has 0 saturated heterocycles. The number of benzene rings is 2. The summed E-state index contributed by atoms with van der Waals surface area (Å²) >= 11 is 0. The number of rotatable bonds is 3. The summed E-state index contributed by atoms with van der Waals surface area (Å²) in [6.45, 7) is -0.250. The van der Waals surface area contributed by atoms with Crippen LogP contribution in [0.3, 0.4) is 0 Å². The van der Waals surface area contributed by atoms with Crippen molar-refractivity contribution in [2.75, 3.05) is 7.11 Å². The number of methoxy groups -OCH3 is 1. The summed E-state index contributed by atoms with van der Waals surface area (Å²) < 4.78 is 10.8. The number of phenols is 1. The van der Waals surface area contributed by atoms with Gasteiger partial charge in [-0.05, 0) is 42.0 Å². The van der Waals surface area contributed by atoms with Crippen LogP contribution in [0.25, 0.3) is 22.3 Å². The molecule has 1 heterocycles. The number of phenolic OH excluding ortho intramolecular Hbond substituents is 1. The van der Waals surface area contributed by atoms with Gasteiger partial charge >= 0.3 is 0 Å². The number of hydrogen-bond donors (Lipinski definition) is 2. The molecule has 0 unspecified atom stereocenters. The lowest BCUT2D eigenvalue weighted by Crippen LogP contribution is -2.01. The van der Waals surface area contributed by atoms with E-state index in [9.17, 15) is 15.0 Å². The van der Waals surface area contributed by atoms with Crippen molar-refractivity contribution in [2.45, 2.75) is 6.61 Å². The number of aliphatic hydroxyl groups is 1. The third-order valence-corrected chi connectivity index (χ3v) is 3.43. The summed E-state index contributed by atoms with van der Waals surface area (Å²) in [6, 6.07) is 11.3. The average molecular weight is 298 g/mol. The lowest BCUT2D eigenvalue weighted by atomic mass is 10.1. The van der Waals surface area contributed by atoms with Crippen molar-refractivity contribution in [3.8, 4) is 22.8 Å².